The highest BCUT2D eigenvalue weighted by Crippen LogP contribution is 2.32. The van der Waals surface area contributed by atoms with E-state index in [9.17, 15) is 14.7 Å². The van der Waals surface area contributed by atoms with E-state index in [0.29, 0.717) is 5.92 Å². The van der Waals surface area contributed by atoms with Crippen LogP contribution in [0, 0.1) is 17.3 Å². The number of carboxylic acid groups (broad SMARTS) is 1. The summed E-state index contributed by atoms with van der Waals surface area (Å²) in [5.41, 5.74) is -0.993. The lowest BCUT2D eigenvalue weighted by Gasteiger charge is -2.30. The van der Waals surface area contributed by atoms with Gasteiger partial charge in [0, 0.05) is 12.5 Å². The smallest absolute Gasteiger partial charge is 0.310 e. The second-order valence-electron chi connectivity index (χ2n) is 7.16. The van der Waals surface area contributed by atoms with E-state index < -0.39 is 11.4 Å². The van der Waals surface area contributed by atoms with Crippen molar-refractivity contribution in [1.82, 2.24) is 5.32 Å². The summed E-state index contributed by atoms with van der Waals surface area (Å²) in [6.07, 6.45) is 7.46. The molecular formula is C17H31NO3. The first-order chi connectivity index (χ1) is 9.77. The minimum absolute atomic E-state index is 0.0526. The van der Waals surface area contributed by atoms with Gasteiger partial charge in [-0.3, -0.25) is 9.59 Å². The van der Waals surface area contributed by atoms with E-state index in [1.165, 1.54) is 38.5 Å². The van der Waals surface area contributed by atoms with Gasteiger partial charge in [0.05, 0.1) is 5.41 Å². The summed E-state index contributed by atoms with van der Waals surface area (Å²) in [5.74, 6) is -0.569. The zero-order valence-electron chi connectivity index (χ0n) is 13.9. The van der Waals surface area contributed by atoms with Crippen molar-refractivity contribution in [3.63, 3.8) is 0 Å². The number of carbonyl (C=O) groups excluding carboxylic acids is 1. The average molecular weight is 297 g/mol. The number of aliphatic carboxylic acids is 1. The molecule has 2 N–H and O–H groups in total. The summed E-state index contributed by atoms with van der Waals surface area (Å²) < 4.78 is 0. The molecule has 0 aromatic carbocycles. The molecule has 0 spiro atoms. The van der Waals surface area contributed by atoms with Crippen molar-refractivity contribution in [3.8, 4) is 0 Å². The Hall–Kier alpha value is -1.06. The van der Waals surface area contributed by atoms with Gasteiger partial charge in [-0.05, 0) is 38.5 Å². The van der Waals surface area contributed by atoms with Gasteiger partial charge < -0.3 is 10.4 Å². The van der Waals surface area contributed by atoms with Gasteiger partial charge in [-0.2, -0.15) is 0 Å². The van der Waals surface area contributed by atoms with Crippen LogP contribution in [0.3, 0.4) is 0 Å². The largest absolute Gasteiger partial charge is 0.481 e. The molecule has 1 unspecified atom stereocenters. The topological polar surface area (TPSA) is 66.4 Å². The van der Waals surface area contributed by atoms with Crippen molar-refractivity contribution in [2.75, 3.05) is 0 Å². The summed E-state index contributed by atoms with van der Waals surface area (Å²) in [6, 6.07) is 0.140. The van der Waals surface area contributed by atoms with Gasteiger partial charge in [0.2, 0.25) is 5.91 Å². The second-order valence-corrected chi connectivity index (χ2v) is 7.16. The van der Waals surface area contributed by atoms with Crippen LogP contribution >= 0.6 is 0 Å². The van der Waals surface area contributed by atoms with Crippen molar-refractivity contribution < 1.29 is 14.7 Å². The lowest BCUT2D eigenvalue weighted by molar-refractivity contribution is -0.153. The Labute approximate surface area is 128 Å². The molecule has 0 aromatic heterocycles. The Morgan fingerprint density at radius 2 is 1.67 bits per heavy atom. The van der Waals surface area contributed by atoms with Crippen molar-refractivity contribution in [3.05, 3.63) is 0 Å². The third-order valence-corrected chi connectivity index (χ3v) is 5.29. The first kappa shape index (κ1) is 18.0. The lowest BCUT2D eigenvalue weighted by atomic mass is 9.76. The molecule has 0 bridgehead atoms. The predicted octanol–water partition coefficient (Wildman–Crippen LogP) is 3.60. The van der Waals surface area contributed by atoms with Crippen LogP contribution in [0.25, 0.3) is 0 Å². The number of hydrogen-bond acceptors (Lipinski definition) is 2. The monoisotopic (exact) mass is 297 g/mol. The van der Waals surface area contributed by atoms with Gasteiger partial charge >= 0.3 is 5.97 Å². The molecule has 1 aliphatic rings. The zero-order valence-corrected chi connectivity index (χ0v) is 13.9. The number of nitrogens with one attached hydrogen (secondary N) is 1. The quantitative estimate of drug-likeness (QED) is 0.736. The van der Waals surface area contributed by atoms with Crippen molar-refractivity contribution in [2.45, 2.75) is 78.7 Å². The fourth-order valence-electron chi connectivity index (χ4n) is 3.09. The lowest BCUT2D eigenvalue weighted by Crippen LogP contribution is -2.43. The third kappa shape index (κ3) is 5.01. The molecule has 1 saturated carbocycles. The molecule has 122 valence electrons. The third-order valence-electron chi connectivity index (χ3n) is 5.29. The molecule has 1 aliphatic carbocycles. The Morgan fingerprint density at radius 3 is 2.10 bits per heavy atom. The molecule has 0 aliphatic heterocycles. The highest BCUT2D eigenvalue weighted by atomic mass is 16.4. The molecular weight excluding hydrogens is 266 g/mol. The van der Waals surface area contributed by atoms with Gasteiger partial charge in [-0.25, -0.2) is 0 Å². The van der Waals surface area contributed by atoms with E-state index in [-0.39, 0.29) is 24.3 Å². The van der Waals surface area contributed by atoms with Crippen LogP contribution in [0.4, 0.5) is 0 Å². The first-order valence-electron chi connectivity index (χ1n) is 8.30. The molecule has 0 heterocycles. The van der Waals surface area contributed by atoms with Crippen molar-refractivity contribution in [2.24, 2.45) is 17.3 Å². The number of rotatable bonds is 6. The summed E-state index contributed by atoms with van der Waals surface area (Å²) in [5, 5.41) is 12.4. The molecule has 1 fully saturated rings. The fraction of sp³-hybridized carbons (Fsp3) is 0.882. The van der Waals surface area contributed by atoms with E-state index in [4.69, 9.17) is 0 Å². The fourth-order valence-corrected chi connectivity index (χ4v) is 3.09. The van der Waals surface area contributed by atoms with Crippen LogP contribution in [-0.4, -0.2) is 23.0 Å². The molecule has 4 nitrogen and oxygen atoms in total. The Balaban J connectivity index is 2.57. The molecule has 0 aromatic rings. The zero-order chi connectivity index (χ0) is 16.0. The Morgan fingerprint density at radius 1 is 1.14 bits per heavy atom. The maximum absolute atomic E-state index is 12.2. The molecule has 2 atom stereocenters. The first-order valence-corrected chi connectivity index (χ1v) is 8.30. The average Bonchev–Trinajstić information content (AvgIpc) is 2.66. The van der Waals surface area contributed by atoms with Crippen LogP contribution in [0.5, 0.6) is 0 Å². The number of carbonyl (C=O) groups is 2. The van der Waals surface area contributed by atoms with E-state index in [0.717, 1.165) is 0 Å². The van der Waals surface area contributed by atoms with Crippen molar-refractivity contribution >= 4 is 11.9 Å². The number of carboxylic acids is 1. The van der Waals surface area contributed by atoms with E-state index in [1.807, 2.05) is 13.8 Å². The van der Waals surface area contributed by atoms with Gasteiger partial charge in [-0.1, -0.05) is 39.5 Å². The van der Waals surface area contributed by atoms with Crippen LogP contribution < -0.4 is 5.32 Å². The second kappa shape index (κ2) is 7.81. The molecule has 0 saturated heterocycles. The SMILES string of the molecule is CC(C)C(C)(CC(=O)N[C@@H](C)C1CCCCCC1)C(=O)O. The van der Waals surface area contributed by atoms with Crippen molar-refractivity contribution in [1.29, 1.82) is 0 Å². The minimum atomic E-state index is -0.993. The highest BCUT2D eigenvalue weighted by Gasteiger charge is 2.39. The normalized spacial score (nSPS) is 21.4. The van der Waals surface area contributed by atoms with E-state index in [2.05, 4.69) is 12.2 Å². The maximum Gasteiger partial charge on any atom is 0.310 e. The van der Waals surface area contributed by atoms with Gasteiger partial charge in [0.25, 0.3) is 0 Å². The van der Waals surface area contributed by atoms with Gasteiger partial charge in [0.15, 0.2) is 0 Å². The summed E-state index contributed by atoms with van der Waals surface area (Å²) in [7, 11) is 0. The van der Waals surface area contributed by atoms with Crippen LogP contribution in [0.1, 0.15) is 72.6 Å². The van der Waals surface area contributed by atoms with Crippen LogP contribution in [0.15, 0.2) is 0 Å². The highest BCUT2D eigenvalue weighted by molar-refractivity contribution is 5.85. The Bertz CT molecular complexity index is 359. The van der Waals surface area contributed by atoms with Crippen LogP contribution in [0.2, 0.25) is 0 Å². The van der Waals surface area contributed by atoms with E-state index in [1.54, 1.807) is 6.92 Å². The molecule has 4 heteroatoms. The number of amides is 1. The van der Waals surface area contributed by atoms with Gasteiger partial charge in [-0.15, -0.1) is 0 Å². The standard InChI is InChI=1S/C17H31NO3/c1-12(2)17(4,16(20)21)11-15(19)18-13(3)14-9-7-5-6-8-10-14/h12-14H,5-11H2,1-4H3,(H,18,19)(H,20,21)/t13-,17?/m0/s1. The van der Waals surface area contributed by atoms with Gasteiger partial charge in [0.1, 0.15) is 0 Å². The maximum atomic E-state index is 12.2. The molecule has 21 heavy (non-hydrogen) atoms. The summed E-state index contributed by atoms with van der Waals surface area (Å²) in [4.78, 5) is 23.7. The number of hydrogen-bond donors (Lipinski definition) is 2. The molecule has 1 rings (SSSR count). The summed E-state index contributed by atoms with van der Waals surface area (Å²) >= 11 is 0. The Kier molecular flexibility index (Phi) is 6.69. The summed E-state index contributed by atoms with van der Waals surface area (Å²) in [6.45, 7) is 7.43. The minimum Gasteiger partial charge on any atom is -0.481 e. The predicted molar refractivity (Wildman–Crippen MR) is 84.0 cm³/mol. The van der Waals surface area contributed by atoms with E-state index >= 15 is 0 Å². The molecule has 1 amide bonds. The molecule has 0 radical (unpaired) electrons. The van der Waals surface area contributed by atoms with Crippen LogP contribution in [-0.2, 0) is 9.59 Å².